The normalized spacial score (nSPS) is 55.3. The van der Waals surface area contributed by atoms with Gasteiger partial charge in [-0.3, -0.25) is 4.79 Å². The first-order valence-corrected chi connectivity index (χ1v) is 13.8. The van der Waals surface area contributed by atoms with E-state index in [-0.39, 0.29) is 33.7 Å². The molecule has 0 saturated heterocycles. The predicted octanol–water partition coefficient (Wildman–Crippen LogP) is 7.09. The van der Waals surface area contributed by atoms with Crippen molar-refractivity contribution in [1.82, 2.24) is 0 Å². The van der Waals surface area contributed by atoms with Crippen LogP contribution in [0, 0.1) is 56.7 Å². The van der Waals surface area contributed by atoms with Gasteiger partial charge in [0.15, 0.2) is 0 Å². The van der Waals surface area contributed by atoms with E-state index in [0.29, 0.717) is 23.7 Å². The van der Waals surface area contributed by atoms with Crippen molar-refractivity contribution >= 4 is 5.97 Å². The number of rotatable bonds is 1. The average molecular weight is 457 g/mol. The first-order valence-electron chi connectivity index (χ1n) is 13.8. The van der Waals surface area contributed by atoms with Crippen LogP contribution in [0.4, 0.5) is 0 Å². The Kier molecular flexibility index (Phi) is 5.15. The SMILES string of the molecule is CC1=CC[C@]2(C(=O)O)CC[C@]3(C)[C@H](CC[C@@H]4[C@@]5(C)CC[C@H](O)C(C)(C)[C@@H]5CC[C@]43C)[C@@H]2[C@@H]1C. The fraction of sp³-hybridized carbons (Fsp3) is 0.900. The summed E-state index contributed by atoms with van der Waals surface area (Å²) in [6.45, 7) is 16.9. The molecule has 0 aromatic carbocycles. The Labute approximate surface area is 201 Å². The summed E-state index contributed by atoms with van der Waals surface area (Å²) in [6, 6.07) is 0. The molecule has 3 nitrogen and oxygen atoms in total. The molecule has 4 fully saturated rings. The number of aliphatic hydroxyl groups excluding tert-OH is 1. The molecule has 0 radical (unpaired) electrons. The minimum absolute atomic E-state index is 0.0170. The van der Waals surface area contributed by atoms with Crippen LogP contribution in [-0.4, -0.2) is 22.3 Å². The Balaban J connectivity index is 1.57. The van der Waals surface area contributed by atoms with E-state index in [1.165, 1.54) is 31.3 Å². The average Bonchev–Trinajstić information content (AvgIpc) is 2.74. The second-order valence-corrected chi connectivity index (χ2v) is 14.5. The number of hydrogen-bond acceptors (Lipinski definition) is 2. The molecule has 0 aliphatic heterocycles. The van der Waals surface area contributed by atoms with Crippen molar-refractivity contribution in [3.8, 4) is 0 Å². The highest BCUT2D eigenvalue weighted by Gasteiger charge is 2.71. The molecule has 2 N–H and O–H groups in total. The van der Waals surface area contributed by atoms with Gasteiger partial charge in [-0.2, -0.15) is 0 Å². The van der Waals surface area contributed by atoms with E-state index in [2.05, 4.69) is 54.5 Å². The maximum atomic E-state index is 12.8. The molecule has 0 aromatic heterocycles. The molecule has 0 amide bonds. The van der Waals surface area contributed by atoms with Gasteiger partial charge in [0.1, 0.15) is 0 Å². The molecule has 5 aliphatic carbocycles. The lowest BCUT2D eigenvalue weighted by molar-refractivity contribution is -0.252. The molecule has 10 atom stereocenters. The van der Waals surface area contributed by atoms with Crippen molar-refractivity contribution in [1.29, 1.82) is 0 Å². The topological polar surface area (TPSA) is 57.5 Å². The fourth-order valence-corrected chi connectivity index (χ4v) is 11.3. The van der Waals surface area contributed by atoms with Gasteiger partial charge in [0.05, 0.1) is 11.5 Å². The molecule has 4 saturated carbocycles. The molecule has 0 aromatic rings. The first-order chi connectivity index (χ1) is 15.3. The minimum Gasteiger partial charge on any atom is -0.481 e. The lowest BCUT2D eigenvalue weighted by atomic mass is 9.31. The molecule has 186 valence electrons. The summed E-state index contributed by atoms with van der Waals surface area (Å²) in [6.07, 6.45) is 11.6. The number of carbonyl (C=O) groups is 1. The summed E-state index contributed by atoms with van der Waals surface area (Å²) in [5.41, 5.74) is 1.55. The second kappa shape index (κ2) is 7.11. The van der Waals surface area contributed by atoms with Crippen molar-refractivity contribution in [2.75, 3.05) is 0 Å². The number of carboxylic acids is 1. The third-order valence-electron chi connectivity index (χ3n) is 13.5. The summed E-state index contributed by atoms with van der Waals surface area (Å²) in [7, 11) is 0. The van der Waals surface area contributed by atoms with Gasteiger partial charge in [-0.1, -0.05) is 53.2 Å². The third kappa shape index (κ3) is 2.75. The van der Waals surface area contributed by atoms with Crippen LogP contribution in [0.1, 0.15) is 106 Å². The number of aliphatic hydroxyl groups is 1. The molecular formula is C30H48O3. The van der Waals surface area contributed by atoms with Crippen LogP contribution in [0.15, 0.2) is 11.6 Å². The number of fused-ring (bicyclic) bond motifs is 7. The number of carboxylic acid groups (broad SMARTS) is 1. The van der Waals surface area contributed by atoms with Crippen molar-refractivity contribution in [3.05, 3.63) is 11.6 Å². The summed E-state index contributed by atoms with van der Waals surface area (Å²) in [4.78, 5) is 12.8. The van der Waals surface area contributed by atoms with E-state index in [1.807, 2.05) is 0 Å². The van der Waals surface area contributed by atoms with Gasteiger partial charge in [0.25, 0.3) is 0 Å². The van der Waals surface area contributed by atoms with Crippen LogP contribution in [-0.2, 0) is 4.79 Å². The van der Waals surface area contributed by atoms with E-state index in [4.69, 9.17) is 0 Å². The van der Waals surface area contributed by atoms with E-state index < -0.39 is 11.4 Å². The zero-order valence-electron chi connectivity index (χ0n) is 22.2. The molecule has 0 bridgehead atoms. The predicted molar refractivity (Wildman–Crippen MR) is 133 cm³/mol. The van der Waals surface area contributed by atoms with Crippen LogP contribution in [0.25, 0.3) is 0 Å². The van der Waals surface area contributed by atoms with E-state index in [0.717, 1.165) is 32.1 Å². The lowest BCUT2D eigenvalue weighted by Crippen LogP contribution is -2.67. The zero-order chi connectivity index (χ0) is 24.2. The molecular weight excluding hydrogens is 408 g/mol. The first kappa shape index (κ1) is 23.9. The molecule has 0 spiro atoms. The highest BCUT2D eigenvalue weighted by molar-refractivity contribution is 5.76. The highest BCUT2D eigenvalue weighted by atomic mass is 16.4. The van der Waals surface area contributed by atoms with Crippen LogP contribution >= 0.6 is 0 Å². The zero-order valence-corrected chi connectivity index (χ0v) is 22.2. The summed E-state index contributed by atoms with van der Waals surface area (Å²) in [5.74, 6) is 1.81. The van der Waals surface area contributed by atoms with Gasteiger partial charge < -0.3 is 10.2 Å². The Hall–Kier alpha value is -0.830. The van der Waals surface area contributed by atoms with Gasteiger partial charge in [0.2, 0.25) is 0 Å². The Morgan fingerprint density at radius 3 is 2.27 bits per heavy atom. The summed E-state index contributed by atoms with van der Waals surface area (Å²) >= 11 is 0. The van der Waals surface area contributed by atoms with Crippen molar-refractivity contribution in [3.63, 3.8) is 0 Å². The van der Waals surface area contributed by atoms with Crippen LogP contribution < -0.4 is 0 Å². The molecule has 3 heteroatoms. The van der Waals surface area contributed by atoms with Crippen molar-refractivity contribution in [2.45, 2.75) is 112 Å². The van der Waals surface area contributed by atoms with Crippen molar-refractivity contribution < 1.29 is 15.0 Å². The van der Waals surface area contributed by atoms with E-state index in [1.54, 1.807) is 0 Å². The smallest absolute Gasteiger partial charge is 0.310 e. The van der Waals surface area contributed by atoms with Gasteiger partial charge >= 0.3 is 5.97 Å². The molecule has 0 unspecified atom stereocenters. The third-order valence-corrected chi connectivity index (χ3v) is 13.5. The Morgan fingerprint density at radius 1 is 0.909 bits per heavy atom. The van der Waals surface area contributed by atoms with Gasteiger partial charge in [0, 0.05) is 0 Å². The van der Waals surface area contributed by atoms with Crippen LogP contribution in [0.5, 0.6) is 0 Å². The number of allylic oxidation sites excluding steroid dienone is 2. The van der Waals surface area contributed by atoms with Crippen molar-refractivity contribution in [2.24, 2.45) is 56.7 Å². The maximum Gasteiger partial charge on any atom is 0.310 e. The number of hydrogen-bond donors (Lipinski definition) is 2. The van der Waals surface area contributed by atoms with Gasteiger partial charge in [-0.15, -0.1) is 0 Å². The summed E-state index contributed by atoms with van der Waals surface area (Å²) in [5, 5.41) is 21.4. The largest absolute Gasteiger partial charge is 0.481 e. The molecule has 5 rings (SSSR count). The van der Waals surface area contributed by atoms with E-state index in [9.17, 15) is 15.0 Å². The molecule has 0 heterocycles. The van der Waals surface area contributed by atoms with Crippen LogP contribution in [0.3, 0.4) is 0 Å². The summed E-state index contributed by atoms with van der Waals surface area (Å²) < 4.78 is 0. The van der Waals surface area contributed by atoms with E-state index >= 15 is 0 Å². The van der Waals surface area contributed by atoms with Gasteiger partial charge in [-0.05, 0) is 116 Å². The lowest BCUT2D eigenvalue weighted by Gasteiger charge is -2.73. The molecule has 33 heavy (non-hydrogen) atoms. The number of aliphatic carboxylic acids is 1. The molecule has 5 aliphatic rings. The fourth-order valence-electron chi connectivity index (χ4n) is 11.3. The quantitative estimate of drug-likeness (QED) is 0.414. The minimum atomic E-state index is -0.565. The van der Waals surface area contributed by atoms with Gasteiger partial charge in [-0.25, -0.2) is 0 Å². The Morgan fingerprint density at radius 2 is 1.61 bits per heavy atom. The standard InChI is InChI=1S/C30H48O3/c1-18-10-15-30(25(32)33)17-16-28(6)20(24(30)19(18)2)8-9-22-27(5)13-12-23(31)26(3,4)21(27)11-14-29(22,28)7/h10,19-24,31H,8-9,11-17H2,1-7H3,(H,32,33)/t19-,20-,21+,22-,23+,24+,27+,28-,29-,30+/m1/s1. The maximum absolute atomic E-state index is 12.8. The highest BCUT2D eigenvalue weighted by Crippen LogP contribution is 2.76. The Bertz CT molecular complexity index is 874. The second-order valence-electron chi connectivity index (χ2n) is 14.5. The monoisotopic (exact) mass is 456 g/mol. The van der Waals surface area contributed by atoms with Crippen LogP contribution in [0.2, 0.25) is 0 Å².